The molecule has 6 nitrogen and oxygen atoms in total. The van der Waals surface area contributed by atoms with Crippen LogP contribution < -0.4 is 10.9 Å². The summed E-state index contributed by atoms with van der Waals surface area (Å²) in [5.41, 5.74) is 2.58. The number of aryl methyl sites for hydroxylation is 1. The number of aromatic nitrogens is 4. The van der Waals surface area contributed by atoms with E-state index in [9.17, 15) is 4.79 Å². The average molecular weight is 281 g/mol. The van der Waals surface area contributed by atoms with E-state index in [4.69, 9.17) is 0 Å². The van der Waals surface area contributed by atoms with Gasteiger partial charge in [0.1, 0.15) is 5.69 Å². The predicted octanol–water partition coefficient (Wildman–Crippen LogP) is 1.58. The maximum absolute atomic E-state index is 11.3. The number of benzene rings is 1. The van der Waals surface area contributed by atoms with E-state index in [0.29, 0.717) is 6.54 Å². The Labute approximate surface area is 121 Å². The molecule has 0 radical (unpaired) electrons. The summed E-state index contributed by atoms with van der Waals surface area (Å²) < 4.78 is 1.53. The highest BCUT2D eigenvalue weighted by atomic mass is 16.1. The molecule has 2 heterocycles. The zero-order valence-corrected chi connectivity index (χ0v) is 11.6. The average Bonchev–Trinajstić information content (AvgIpc) is 2.98. The van der Waals surface area contributed by atoms with E-state index in [1.807, 2.05) is 30.3 Å². The van der Waals surface area contributed by atoms with Crippen molar-refractivity contribution in [1.82, 2.24) is 19.6 Å². The Morgan fingerprint density at radius 2 is 1.95 bits per heavy atom. The zero-order chi connectivity index (χ0) is 14.7. The molecule has 0 atom stereocenters. The van der Waals surface area contributed by atoms with Gasteiger partial charge < -0.3 is 9.88 Å². The topological polar surface area (TPSA) is 64.7 Å². The molecule has 0 unspecified atom stereocenters. The highest BCUT2D eigenvalue weighted by Gasteiger charge is 2.03. The summed E-state index contributed by atoms with van der Waals surface area (Å²) in [6.07, 6.45) is 3.48. The van der Waals surface area contributed by atoms with Crippen LogP contribution in [0.15, 0.2) is 59.7 Å². The van der Waals surface area contributed by atoms with Crippen LogP contribution in [0.1, 0.15) is 5.69 Å². The molecule has 3 rings (SSSR count). The minimum atomic E-state index is -0.0319. The van der Waals surface area contributed by atoms with Gasteiger partial charge in [-0.05, 0) is 18.2 Å². The highest BCUT2D eigenvalue weighted by Crippen LogP contribution is 2.07. The first-order valence-electron chi connectivity index (χ1n) is 6.59. The molecule has 1 N–H and O–H groups in total. The van der Waals surface area contributed by atoms with Crippen molar-refractivity contribution >= 4 is 5.69 Å². The van der Waals surface area contributed by atoms with E-state index in [1.165, 1.54) is 10.6 Å². The largest absolute Gasteiger partial charge is 0.378 e. The first-order valence-corrected chi connectivity index (χ1v) is 6.59. The van der Waals surface area contributed by atoms with Gasteiger partial charge in [0.25, 0.3) is 0 Å². The fraction of sp³-hybridized carbons (Fsp3) is 0.133. The first-order chi connectivity index (χ1) is 10.2. The quantitative estimate of drug-likeness (QED) is 0.788. The summed E-state index contributed by atoms with van der Waals surface area (Å²) in [5.74, 6) is 0. The van der Waals surface area contributed by atoms with Crippen LogP contribution in [0.4, 0.5) is 5.69 Å². The van der Waals surface area contributed by atoms with Gasteiger partial charge in [-0.25, -0.2) is 0 Å². The molecule has 0 saturated heterocycles. The Balaban J connectivity index is 1.70. The Hall–Kier alpha value is -2.89. The van der Waals surface area contributed by atoms with Gasteiger partial charge in [-0.2, -0.15) is 15.0 Å². The molecule has 0 bridgehead atoms. The van der Waals surface area contributed by atoms with Crippen molar-refractivity contribution in [2.75, 3.05) is 5.32 Å². The monoisotopic (exact) mass is 281 g/mol. The van der Waals surface area contributed by atoms with Gasteiger partial charge in [0, 0.05) is 19.3 Å². The summed E-state index contributed by atoms with van der Waals surface area (Å²) >= 11 is 0. The van der Waals surface area contributed by atoms with Crippen molar-refractivity contribution in [3.8, 4) is 5.69 Å². The maximum atomic E-state index is 11.3. The molecule has 0 saturated carbocycles. The van der Waals surface area contributed by atoms with Crippen LogP contribution in [0.3, 0.4) is 0 Å². The molecule has 106 valence electrons. The van der Waals surface area contributed by atoms with Crippen LogP contribution in [0.25, 0.3) is 5.69 Å². The number of para-hydroxylation sites is 1. The van der Waals surface area contributed by atoms with Gasteiger partial charge in [0.05, 0.1) is 24.1 Å². The number of hydrogen-bond donors (Lipinski definition) is 1. The van der Waals surface area contributed by atoms with Crippen molar-refractivity contribution in [2.24, 2.45) is 7.05 Å². The van der Waals surface area contributed by atoms with Crippen LogP contribution >= 0.6 is 0 Å². The second-order valence-corrected chi connectivity index (χ2v) is 4.68. The molecule has 0 aliphatic carbocycles. The lowest BCUT2D eigenvalue weighted by molar-refractivity contribution is 0.740. The van der Waals surface area contributed by atoms with Crippen molar-refractivity contribution in [2.45, 2.75) is 6.54 Å². The second kappa shape index (κ2) is 5.62. The zero-order valence-electron chi connectivity index (χ0n) is 11.6. The molecular weight excluding hydrogens is 266 g/mol. The lowest BCUT2D eigenvalue weighted by atomic mass is 10.3. The lowest BCUT2D eigenvalue weighted by Gasteiger charge is -2.05. The summed E-state index contributed by atoms with van der Waals surface area (Å²) in [4.78, 5) is 12.9. The van der Waals surface area contributed by atoms with E-state index >= 15 is 0 Å². The molecule has 3 aromatic rings. The highest BCUT2D eigenvalue weighted by molar-refractivity contribution is 5.40. The van der Waals surface area contributed by atoms with Gasteiger partial charge in [-0.3, -0.25) is 4.79 Å². The molecule has 1 aromatic carbocycles. The molecule has 0 fully saturated rings. The standard InChI is InChI=1S/C15H15N5O/c1-19-11-12(7-8-15(19)21)16-9-13-10-17-20(18-13)14-5-3-2-4-6-14/h2-8,10-11,16H,9H2,1H3. The fourth-order valence-electron chi connectivity index (χ4n) is 1.95. The summed E-state index contributed by atoms with van der Waals surface area (Å²) in [5, 5.41) is 11.9. The number of hydrogen-bond acceptors (Lipinski definition) is 4. The second-order valence-electron chi connectivity index (χ2n) is 4.68. The van der Waals surface area contributed by atoms with Gasteiger partial charge in [-0.1, -0.05) is 18.2 Å². The molecule has 2 aromatic heterocycles. The van der Waals surface area contributed by atoms with E-state index in [0.717, 1.165) is 17.1 Å². The molecule has 21 heavy (non-hydrogen) atoms. The van der Waals surface area contributed by atoms with Gasteiger partial charge >= 0.3 is 0 Å². The molecule has 0 amide bonds. The Morgan fingerprint density at radius 1 is 1.14 bits per heavy atom. The first kappa shape index (κ1) is 13.1. The van der Waals surface area contributed by atoms with Crippen molar-refractivity contribution in [1.29, 1.82) is 0 Å². The third kappa shape index (κ3) is 3.00. The van der Waals surface area contributed by atoms with E-state index in [2.05, 4.69) is 15.5 Å². The summed E-state index contributed by atoms with van der Waals surface area (Å²) in [6.45, 7) is 0.547. The van der Waals surface area contributed by atoms with Crippen molar-refractivity contribution < 1.29 is 0 Å². The van der Waals surface area contributed by atoms with Crippen LogP contribution in [0, 0.1) is 0 Å². The lowest BCUT2D eigenvalue weighted by Crippen LogP contribution is -2.15. The third-order valence-corrected chi connectivity index (χ3v) is 3.09. The van der Waals surface area contributed by atoms with E-state index in [1.54, 1.807) is 30.3 Å². The summed E-state index contributed by atoms with van der Waals surface area (Å²) in [6, 6.07) is 13.0. The Morgan fingerprint density at radius 3 is 2.71 bits per heavy atom. The Kier molecular flexibility index (Phi) is 3.51. The number of pyridine rings is 1. The number of rotatable bonds is 4. The maximum Gasteiger partial charge on any atom is 0.250 e. The van der Waals surface area contributed by atoms with Crippen LogP contribution in [-0.2, 0) is 13.6 Å². The van der Waals surface area contributed by atoms with E-state index in [-0.39, 0.29) is 5.56 Å². The molecule has 0 aliphatic heterocycles. The summed E-state index contributed by atoms with van der Waals surface area (Å²) in [7, 11) is 1.72. The van der Waals surface area contributed by atoms with Crippen molar-refractivity contribution in [3.63, 3.8) is 0 Å². The van der Waals surface area contributed by atoms with Crippen molar-refractivity contribution in [3.05, 3.63) is 70.9 Å². The van der Waals surface area contributed by atoms with Gasteiger partial charge in [0.15, 0.2) is 0 Å². The van der Waals surface area contributed by atoms with E-state index < -0.39 is 0 Å². The number of nitrogens with one attached hydrogen (secondary N) is 1. The van der Waals surface area contributed by atoms with Gasteiger partial charge in [0.2, 0.25) is 5.56 Å². The minimum absolute atomic E-state index is 0.0319. The van der Waals surface area contributed by atoms with Crippen LogP contribution in [-0.4, -0.2) is 19.6 Å². The number of nitrogens with zero attached hydrogens (tertiary/aromatic N) is 4. The third-order valence-electron chi connectivity index (χ3n) is 3.09. The van der Waals surface area contributed by atoms with Crippen LogP contribution in [0.5, 0.6) is 0 Å². The Bertz CT molecular complexity index is 791. The fourth-order valence-corrected chi connectivity index (χ4v) is 1.95. The molecule has 6 heteroatoms. The molecular formula is C15H15N5O. The predicted molar refractivity (Wildman–Crippen MR) is 80.4 cm³/mol. The van der Waals surface area contributed by atoms with Crippen LogP contribution in [0.2, 0.25) is 0 Å². The number of anilines is 1. The SMILES string of the molecule is Cn1cc(NCc2cnn(-c3ccccc3)n2)ccc1=O. The molecule has 0 aliphatic rings. The molecule has 0 spiro atoms. The smallest absolute Gasteiger partial charge is 0.250 e. The normalized spacial score (nSPS) is 10.5. The minimum Gasteiger partial charge on any atom is -0.378 e. The van der Waals surface area contributed by atoms with Gasteiger partial charge in [-0.15, -0.1) is 0 Å².